The minimum absolute atomic E-state index is 0.0863. The van der Waals surface area contributed by atoms with E-state index in [0.717, 1.165) is 22.0 Å². The summed E-state index contributed by atoms with van der Waals surface area (Å²) < 4.78 is 0. The Morgan fingerprint density at radius 1 is 1.10 bits per heavy atom. The number of aromatic amines is 1. The Kier molecular flexibility index (Phi) is 3.46. The Bertz CT molecular complexity index is 835. The van der Waals surface area contributed by atoms with E-state index in [4.69, 9.17) is 11.6 Å². The van der Waals surface area contributed by atoms with E-state index in [1.807, 2.05) is 42.6 Å². The molecular weight excluding hydrogens is 288 g/mol. The zero-order valence-electron chi connectivity index (χ0n) is 10.9. The normalized spacial score (nSPS) is 11.3. The Labute approximate surface area is 125 Å². The summed E-state index contributed by atoms with van der Waals surface area (Å²) in [7, 11) is 0. The fourth-order valence-electron chi connectivity index (χ4n) is 2.14. The molecule has 0 fully saturated rings. The van der Waals surface area contributed by atoms with Crippen LogP contribution in [0.3, 0.4) is 0 Å². The Morgan fingerprint density at radius 3 is 2.57 bits per heavy atom. The molecule has 1 aromatic heterocycles. The zero-order chi connectivity index (χ0) is 14.8. The maximum absolute atomic E-state index is 10.9. The first-order valence-electron chi connectivity index (χ1n) is 6.33. The molecule has 0 spiro atoms. The number of nitrogens with one attached hydrogen (secondary N) is 1. The van der Waals surface area contributed by atoms with Gasteiger partial charge in [0.2, 0.25) is 0 Å². The fourth-order valence-corrected chi connectivity index (χ4v) is 2.27. The molecule has 3 rings (SSSR count). The molecule has 0 atom stereocenters. The first-order chi connectivity index (χ1) is 10.1. The summed E-state index contributed by atoms with van der Waals surface area (Å²) in [4.78, 5) is 13.6. The monoisotopic (exact) mass is 298 g/mol. The molecule has 0 aliphatic rings. The van der Waals surface area contributed by atoms with Crippen molar-refractivity contribution in [3.8, 4) is 0 Å². The number of benzene rings is 2. The highest BCUT2D eigenvalue weighted by atomic mass is 35.5. The molecule has 0 radical (unpaired) electrons. The second kappa shape index (κ2) is 5.42. The number of nitrogens with zero attached hydrogens (tertiary/aromatic N) is 1. The molecule has 4 nitrogen and oxygen atoms in total. The van der Waals surface area contributed by atoms with Gasteiger partial charge >= 0.3 is 0 Å². The molecule has 0 bridgehead atoms. The van der Waals surface area contributed by atoms with Crippen molar-refractivity contribution in [1.82, 2.24) is 4.98 Å². The molecule has 2 aromatic carbocycles. The average molecular weight is 299 g/mol. The van der Waals surface area contributed by atoms with Crippen molar-refractivity contribution in [2.45, 2.75) is 0 Å². The predicted octanol–water partition coefficient (Wildman–Crippen LogP) is 4.90. The van der Waals surface area contributed by atoms with E-state index in [2.05, 4.69) is 4.98 Å². The molecule has 0 saturated heterocycles. The second-order valence-electron chi connectivity index (χ2n) is 4.62. The van der Waals surface area contributed by atoms with Crippen LogP contribution >= 0.6 is 11.6 Å². The van der Waals surface area contributed by atoms with Crippen LogP contribution in [0.4, 0.5) is 5.69 Å². The van der Waals surface area contributed by atoms with Gasteiger partial charge in [-0.1, -0.05) is 35.9 Å². The zero-order valence-corrected chi connectivity index (χ0v) is 11.7. The van der Waals surface area contributed by atoms with Crippen LogP contribution in [-0.4, -0.2) is 9.91 Å². The van der Waals surface area contributed by atoms with Gasteiger partial charge in [-0.25, -0.2) is 0 Å². The van der Waals surface area contributed by atoms with E-state index in [9.17, 15) is 10.1 Å². The van der Waals surface area contributed by atoms with Crippen LogP contribution in [0.25, 0.3) is 23.1 Å². The molecule has 0 unspecified atom stereocenters. The lowest BCUT2D eigenvalue weighted by atomic mass is 10.1. The third kappa shape index (κ3) is 2.80. The summed E-state index contributed by atoms with van der Waals surface area (Å²) in [5.41, 5.74) is 2.88. The van der Waals surface area contributed by atoms with Gasteiger partial charge in [0, 0.05) is 39.8 Å². The molecule has 1 heterocycles. The van der Waals surface area contributed by atoms with Crippen molar-refractivity contribution in [3.05, 3.63) is 74.9 Å². The SMILES string of the molecule is O=[N+]([O-])c1ccc2[nH]cc(/C=C/c3ccc(Cl)cc3)c2c1. The highest BCUT2D eigenvalue weighted by Crippen LogP contribution is 2.25. The number of hydrogen-bond acceptors (Lipinski definition) is 2. The summed E-state index contributed by atoms with van der Waals surface area (Å²) in [6.45, 7) is 0. The van der Waals surface area contributed by atoms with Crippen molar-refractivity contribution in [2.75, 3.05) is 0 Å². The van der Waals surface area contributed by atoms with E-state index in [1.54, 1.807) is 12.1 Å². The highest BCUT2D eigenvalue weighted by molar-refractivity contribution is 6.30. The van der Waals surface area contributed by atoms with Crippen LogP contribution in [0, 0.1) is 10.1 Å². The number of aromatic nitrogens is 1. The third-order valence-electron chi connectivity index (χ3n) is 3.23. The van der Waals surface area contributed by atoms with Crippen molar-refractivity contribution in [2.24, 2.45) is 0 Å². The maximum Gasteiger partial charge on any atom is 0.270 e. The van der Waals surface area contributed by atoms with Crippen molar-refractivity contribution in [3.63, 3.8) is 0 Å². The van der Waals surface area contributed by atoms with Crippen molar-refractivity contribution >= 4 is 40.3 Å². The van der Waals surface area contributed by atoms with Gasteiger partial charge in [-0.15, -0.1) is 0 Å². The number of H-pyrrole nitrogens is 1. The molecule has 104 valence electrons. The number of halogens is 1. The lowest BCUT2D eigenvalue weighted by Crippen LogP contribution is -1.86. The van der Waals surface area contributed by atoms with Crippen LogP contribution in [0.2, 0.25) is 5.02 Å². The lowest BCUT2D eigenvalue weighted by Gasteiger charge is -1.95. The standard InChI is InChI=1S/C16H11ClN2O2/c17-13-5-2-11(3-6-13)1-4-12-10-18-16-8-7-14(19(20)21)9-15(12)16/h1-10,18H/b4-1+. The van der Waals surface area contributed by atoms with Crippen LogP contribution in [0.5, 0.6) is 0 Å². The first kappa shape index (κ1) is 13.4. The van der Waals surface area contributed by atoms with Gasteiger partial charge in [-0.3, -0.25) is 10.1 Å². The minimum Gasteiger partial charge on any atom is -0.361 e. The average Bonchev–Trinajstić information content (AvgIpc) is 2.89. The van der Waals surface area contributed by atoms with E-state index < -0.39 is 0 Å². The summed E-state index contributed by atoms with van der Waals surface area (Å²) in [5, 5.41) is 12.4. The van der Waals surface area contributed by atoms with Gasteiger partial charge in [0.15, 0.2) is 0 Å². The second-order valence-corrected chi connectivity index (χ2v) is 5.05. The Hall–Kier alpha value is -2.59. The molecule has 1 N–H and O–H groups in total. The van der Waals surface area contributed by atoms with Crippen LogP contribution in [0.15, 0.2) is 48.7 Å². The van der Waals surface area contributed by atoms with Gasteiger partial charge in [0.25, 0.3) is 5.69 Å². The molecule has 5 heteroatoms. The summed E-state index contributed by atoms with van der Waals surface area (Å²) >= 11 is 5.84. The molecule has 0 amide bonds. The van der Waals surface area contributed by atoms with Crippen LogP contribution < -0.4 is 0 Å². The summed E-state index contributed by atoms with van der Waals surface area (Å²) in [5.74, 6) is 0. The third-order valence-corrected chi connectivity index (χ3v) is 3.49. The summed E-state index contributed by atoms with van der Waals surface area (Å²) in [6, 6.07) is 12.3. The Balaban J connectivity index is 1.98. The van der Waals surface area contributed by atoms with E-state index in [0.29, 0.717) is 5.02 Å². The number of nitro benzene ring substituents is 1. The molecule has 3 aromatic rings. The van der Waals surface area contributed by atoms with E-state index in [1.165, 1.54) is 6.07 Å². The van der Waals surface area contributed by atoms with Crippen molar-refractivity contribution < 1.29 is 4.92 Å². The number of non-ortho nitro benzene ring substituents is 1. The van der Waals surface area contributed by atoms with Gasteiger partial charge < -0.3 is 4.98 Å². The largest absolute Gasteiger partial charge is 0.361 e. The lowest BCUT2D eigenvalue weighted by molar-refractivity contribution is -0.384. The Morgan fingerprint density at radius 2 is 1.86 bits per heavy atom. The van der Waals surface area contributed by atoms with E-state index in [-0.39, 0.29) is 10.6 Å². The number of nitro groups is 1. The quantitative estimate of drug-likeness (QED) is 0.552. The number of hydrogen-bond donors (Lipinski definition) is 1. The first-order valence-corrected chi connectivity index (χ1v) is 6.70. The van der Waals surface area contributed by atoms with Gasteiger partial charge in [0.05, 0.1) is 4.92 Å². The van der Waals surface area contributed by atoms with Gasteiger partial charge in [-0.2, -0.15) is 0 Å². The van der Waals surface area contributed by atoms with Crippen LogP contribution in [-0.2, 0) is 0 Å². The van der Waals surface area contributed by atoms with Crippen LogP contribution in [0.1, 0.15) is 11.1 Å². The highest BCUT2D eigenvalue weighted by Gasteiger charge is 2.08. The molecule has 21 heavy (non-hydrogen) atoms. The molecule has 0 saturated carbocycles. The number of fused-ring (bicyclic) bond motifs is 1. The number of rotatable bonds is 3. The smallest absolute Gasteiger partial charge is 0.270 e. The van der Waals surface area contributed by atoms with Crippen molar-refractivity contribution in [1.29, 1.82) is 0 Å². The van der Waals surface area contributed by atoms with Gasteiger partial charge in [-0.05, 0) is 23.8 Å². The molecular formula is C16H11ClN2O2. The fraction of sp³-hybridized carbons (Fsp3) is 0. The predicted molar refractivity (Wildman–Crippen MR) is 85.3 cm³/mol. The molecule has 0 aliphatic carbocycles. The topological polar surface area (TPSA) is 58.9 Å². The molecule has 0 aliphatic heterocycles. The van der Waals surface area contributed by atoms with E-state index >= 15 is 0 Å². The van der Waals surface area contributed by atoms with Gasteiger partial charge in [0.1, 0.15) is 0 Å². The summed E-state index contributed by atoms with van der Waals surface area (Å²) in [6.07, 6.45) is 5.70. The minimum atomic E-state index is -0.390. The maximum atomic E-state index is 10.9.